The molecule has 0 aromatic carbocycles. The van der Waals surface area contributed by atoms with Crippen molar-refractivity contribution in [2.45, 2.75) is 26.3 Å². The van der Waals surface area contributed by atoms with Gasteiger partial charge in [0, 0.05) is 13.2 Å². The van der Waals surface area contributed by atoms with Crippen LogP contribution in [0.4, 0.5) is 0 Å². The van der Waals surface area contributed by atoms with Gasteiger partial charge in [0.25, 0.3) is 0 Å². The highest BCUT2D eigenvalue weighted by atomic mass is 15.1. The summed E-state index contributed by atoms with van der Waals surface area (Å²) in [6, 6.07) is 1.95. The van der Waals surface area contributed by atoms with Gasteiger partial charge >= 0.3 is 0 Å². The number of hydrogen-bond donors (Lipinski definition) is 1. The first kappa shape index (κ1) is 11.1. The minimum atomic E-state index is -0.123. The van der Waals surface area contributed by atoms with E-state index >= 15 is 0 Å². The quantitative estimate of drug-likeness (QED) is 0.854. The number of nitrogens with zero attached hydrogens (tertiary/aromatic N) is 3. The van der Waals surface area contributed by atoms with Crippen LogP contribution in [-0.4, -0.2) is 21.1 Å². The van der Waals surface area contributed by atoms with Gasteiger partial charge in [-0.05, 0) is 26.5 Å². The van der Waals surface area contributed by atoms with E-state index in [1.165, 1.54) is 0 Å². The van der Waals surface area contributed by atoms with Crippen molar-refractivity contribution in [1.82, 2.24) is 19.9 Å². The number of fused-ring (bicyclic) bond motifs is 1. The zero-order valence-corrected chi connectivity index (χ0v) is 10.3. The molecule has 2 aromatic heterocycles. The van der Waals surface area contributed by atoms with Crippen molar-refractivity contribution < 1.29 is 0 Å². The van der Waals surface area contributed by atoms with Crippen molar-refractivity contribution in [2.24, 2.45) is 7.05 Å². The van der Waals surface area contributed by atoms with Gasteiger partial charge in [-0.25, -0.2) is 4.98 Å². The fourth-order valence-corrected chi connectivity index (χ4v) is 2.11. The van der Waals surface area contributed by atoms with Crippen LogP contribution in [0.25, 0.3) is 11.0 Å². The number of aryl methyl sites for hydroxylation is 1. The summed E-state index contributed by atoms with van der Waals surface area (Å²) < 4.78 is 2.10. The largest absolute Gasteiger partial charge is 0.328 e. The molecule has 0 aliphatic rings. The lowest BCUT2D eigenvalue weighted by molar-refractivity contribution is 0.382. The second-order valence-corrected chi connectivity index (χ2v) is 4.51. The van der Waals surface area contributed by atoms with E-state index in [9.17, 15) is 0 Å². The van der Waals surface area contributed by atoms with Crippen LogP contribution in [0.3, 0.4) is 0 Å². The SMILES string of the molecule is CCNC(C)(C)c1nc2ccncc2n1C. The molecular weight excluding hydrogens is 200 g/mol. The highest BCUT2D eigenvalue weighted by Gasteiger charge is 2.25. The molecule has 1 N–H and O–H groups in total. The molecule has 0 radical (unpaired) electrons. The Labute approximate surface area is 95.7 Å². The summed E-state index contributed by atoms with van der Waals surface area (Å²) in [4.78, 5) is 8.80. The third kappa shape index (κ3) is 1.69. The summed E-state index contributed by atoms with van der Waals surface area (Å²) in [6.07, 6.45) is 3.63. The maximum atomic E-state index is 4.66. The lowest BCUT2D eigenvalue weighted by atomic mass is 10.1. The number of nitrogens with one attached hydrogen (secondary N) is 1. The fraction of sp³-hybridized carbons (Fsp3) is 0.500. The van der Waals surface area contributed by atoms with Gasteiger partial charge in [0.15, 0.2) is 0 Å². The maximum Gasteiger partial charge on any atom is 0.129 e. The molecule has 4 heteroatoms. The molecule has 0 unspecified atom stereocenters. The van der Waals surface area contributed by atoms with E-state index in [1.807, 2.05) is 19.3 Å². The second kappa shape index (κ2) is 3.87. The standard InChI is InChI=1S/C12H18N4/c1-5-14-12(2,3)11-15-9-6-7-13-8-10(9)16(11)4/h6-8,14H,5H2,1-4H3. The number of rotatable bonds is 3. The van der Waals surface area contributed by atoms with Gasteiger partial charge < -0.3 is 9.88 Å². The molecule has 86 valence electrons. The van der Waals surface area contributed by atoms with Crippen LogP contribution in [0.2, 0.25) is 0 Å². The number of imidazole rings is 1. The van der Waals surface area contributed by atoms with Crippen LogP contribution in [0, 0.1) is 0 Å². The van der Waals surface area contributed by atoms with E-state index in [-0.39, 0.29) is 5.54 Å². The predicted octanol–water partition coefficient (Wildman–Crippen LogP) is 1.81. The summed E-state index contributed by atoms with van der Waals surface area (Å²) >= 11 is 0. The number of pyridine rings is 1. The predicted molar refractivity (Wildman–Crippen MR) is 65.2 cm³/mol. The third-order valence-electron chi connectivity index (χ3n) is 2.86. The van der Waals surface area contributed by atoms with Crippen LogP contribution in [0.15, 0.2) is 18.5 Å². The molecule has 4 nitrogen and oxygen atoms in total. The third-order valence-corrected chi connectivity index (χ3v) is 2.86. The van der Waals surface area contributed by atoms with E-state index in [0.717, 1.165) is 23.4 Å². The first-order valence-corrected chi connectivity index (χ1v) is 5.58. The molecule has 2 heterocycles. The lowest BCUT2D eigenvalue weighted by Crippen LogP contribution is -2.38. The Morgan fingerprint density at radius 2 is 2.19 bits per heavy atom. The Balaban J connectivity index is 2.57. The number of aromatic nitrogens is 3. The molecule has 0 atom stereocenters. The summed E-state index contributed by atoms with van der Waals surface area (Å²) in [5.74, 6) is 1.04. The van der Waals surface area contributed by atoms with Crippen LogP contribution in [-0.2, 0) is 12.6 Å². The zero-order chi connectivity index (χ0) is 11.8. The summed E-state index contributed by atoms with van der Waals surface area (Å²) in [5, 5.41) is 3.44. The Hall–Kier alpha value is -1.42. The summed E-state index contributed by atoms with van der Waals surface area (Å²) in [7, 11) is 2.03. The maximum absolute atomic E-state index is 4.66. The van der Waals surface area contributed by atoms with Gasteiger partial charge in [0.05, 0.1) is 22.8 Å². The molecule has 2 aromatic rings. The van der Waals surface area contributed by atoms with E-state index in [2.05, 4.69) is 40.6 Å². The molecule has 0 amide bonds. The number of hydrogen-bond acceptors (Lipinski definition) is 3. The molecule has 0 bridgehead atoms. The summed E-state index contributed by atoms with van der Waals surface area (Å²) in [6.45, 7) is 7.32. The van der Waals surface area contributed by atoms with Crippen molar-refractivity contribution >= 4 is 11.0 Å². The molecule has 0 saturated carbocycles. The smallest absolute Gasteiger partial charge is 0.129 e. The molecule has 0 fully saturated rings. The Morgan fingerprint density at radius 1 is 1.44 bits per heavy atom. The molecule has 2 rings (SSSR count). The van der Waals surface area contributed by atoms with Crippen molar-refractivity contribution in [3.05, 3.63) is 24.3 Å². The van der Waals surface area contributed by atoms with Gasteiger partial charge in [-0.15, -0.1) is 0 Å². The van der Waals surface area contributed by atoms with E-state index in [0.29, 0.717) is 0 Å². The van der Waals surface area contributed by atoms with Crippen molar-refractivity contribution in [3.8, 4) is 0 Å². The van der Waals surface area contributed by atoms with Gasteiger partial charge in [0.1, 0.15) is 5.82 Å². The van der Waals surface area contributed by atoms with E-state index < -0.39 is 0 Å². The minimum absolute atomic E-state index is 0.123. The second-order valence-electron chi connectivity index (χ2n) is 4.51. The van der Waals surface area contributed by atoms with Crippen LogP contribution < -0.4 is 5.32 Å². The molecular formula is C12H18N4. The Morgan fingerprint density at radius 3 is 2.81 bits per heavy atom. The topological polar surface area (TPSA) is 42.7 Å². The van der Waals surface area contributed by atoms with Crippen LogP contribution in [0.5, 0.6) is 0 Å². The monoisotopic (exact) mass is 218 g/mol. The van der Waals surface area contributed by atoms with Crippen molar-refractivity contribution in [2.75, 3.05) is 6.54 Å². The average molecular weight is 218 g/mol. The first-order valence-electron chi connectivity index (χ1n) is 5.58. The highest BCUT2D eigenvalue weighted by molar-refractivity contribution is 5.74. The zero-order valence-electron chi connectivity index (χ0n) is 10.3. The van der Waals surface area contributed by atoms with Gasteiger partial charge in [0.2, 0.25) is 0 Å². The molecule has 0 saturated heterocycles. The molecule has 0 aliphatic heterocycles. The normalized spacial score (nSPS) is 12.2. The lowest BCUT2D eigenvalue weighted by Gasteiger charge is -2.25. The molecule has 0 aliphatic carbocycles. The van der Waals surface area contributed by atoms with E-state index in [1.54, 1.807) is 6.20 Å². The van der Waals surface area contributed by atoms with Gasteiger partial charge in [-0.1, -0.05) is 6.92 Å². The van der Waals surface area contributed by atoms with Crippen molar-refractivity contribution in [1.29, 1.82) is 0 Å². The van der Waals surface area contributed by atoms with Crippen LogP contribution >= 0.6 is 0 Å². The average Bonchev–Trinajstić information content (AvgIpc) is 2.58. The highest BCUT2D eigenvalue weighted by Crippen LogP contribution is 2.22. The van der Waals surface area contributed by atoms with Gasteiger partial charge in [-0.2, -0.15) is 0 Å². The van der Waals surface area contributed by atoms with Crippen LogP contribution in [0.1, 0.15) is 26.6 Å². The fourth-order valence-electron chi connectivity index (χ4n) is 2.11. The Bertz CT molecular complexity index is 499. The molecule has 16 heavy (non-hydrogen) atoms. The van der Waals surface area contributed by atoms with Crippen molar-refractivity contribution in [3.63, 3.8) is 0 Å². The minimum Gasteiger partial charge on any atom is -0.328 e. The van der Waals surface area contributed by atoms with E-state index in [4.69, 9.17) is 0 Å². The summed E-state index contributed by atoms with van der Waals surface area (Å²) in [5.41, 5.74) is 1.95. The molecule has 0 spiro atoms. The Kier molecular flexibility index (Phi) is 2.68. The first-order chi connectivity index (χ1) is 7.56. The van der Waals surface area contributed by atoms with Gasteiger partial charge in [-0.3, -0.25) is 4.98 Å².